The Bertz CT molecular complexity index is 222. The molecule has 1 saturated heterocycles. The molecule has 1 fully saturated rings. The number of nitrogens with one attached hydrogen (secondary N) is 1. The number of urea groups is 1. The van der Waals surface area contributed by atoms with Crippen molar-refractivity contribution in [1.29, 1.82) is 0 Å². The molecule has 0 bridgehead atoms. The van der Waals surface area contributed by atoms with Crippen LogP contribution in [-0.4, -0.2) is 55.1 Å². The maximum absolute atomic E-state index is 11.7. The molecule has 1 N–H and O–H groups in total. The highest BCUT2D eigenvalue weighted by atomic mass is 16.2. The summed E-state index contributed by atoms with van der Waals surface area (Å²) in [7, 11) is 3.62. The van der Waals surface area contributed by atoms with E-state index < -0.39 is 0 Å². The Hall–Kier alpha value is -0.770. The summed E-state index contributed by atoms with van der Waals surface area (Å²) in [5.41, 5.74) is 0. The molecule has 2 amide bonds. The van der Waals surface area contributed by atoms with Gasteiger partial charge in [0.15, 0.2) is 0 Å². The van der Waals surface area contributed by atoms with Crippen LogP contribution in [0, 0.1) is 0 Å². The Morgan fingerprint density at radius 1 is 1.44 bits per heavy atom. The second-order valence-electron chi connectivity index (χ2n) is 4.91. The summed E-state index contributed by atoms with van der Waals surface area (Å²) in [5.74, 6) is 0. The molecule has 94 valence electrons. The summed E-state index contributed by atoms with van der Waals surface area (Å²) in [5, 5.41) is 3.61. The number of hydrogen-bond donors (Lipinski definition) is 1. The highest BCUT2D eigenvalue weighted by molar-refractivity contribution is 5.73. The van der Waals surface area contributed by atoms with Crippen molar-refractivity contribution in [3.63, 3.8) is 0 Å². The number of likely N-dealkylation sites (tertiary alicyclic amines) is 1. The molecule has 0 saturated carbocycles. The first-order chi connectivity index (χ1) is 7.54. The lowest BCUT2D eigenvalue weighted by Crippen LogP contribution is -2.49. The van der Waals surface area contributed by atoms with Crippen molar-refractivity contribution in [2.75, 3.05) is 27.2 Å². The number of piperidine rings is 1. The van der Waals surface area contributed by atoms with E-state index in [4.69, 9.17) is 0 Å². The third-order valence-corrected chi connectivity index (χ3v) is 3.28. The van der Waals surface area contributed by atoms with Crippen LogP contribution in [0.15, 0.2) is 0 Å². The number of carbonyl (C=O) groups excluding carboxylic acids is 1. The fourth-order valence-corrected chi connectivity index (χ4v) is 2.04. The van der Waals surface area contributed by atoms with E-state index in [1.807, 2.05) is 19.0 Å². The Kier molecular flexibility index (Phi) is 5.06. The van der Waals surface area contributed by atoms with Crippen LogP contribution in [0.4, 0.5) is 4.79 Å². The molecule has 0 aromatic rings. The number of hydrogen-bond acceptors (Lipinski definition) is 2. The molecule has 4 heteroatoms. The van der Waals surface area contributed by atoms with Crippen LogP contribution >= 0.6 is 0 Å². The highest BCUT2D eigenvalue weighted by Crippen LogP contribution is 2.12. The molecule has 1 aliphatic rings. The van der Waals surface area contributed by atoms with E-state index in [-0.39, 0.29) is 6.03 Å². The zero-order chi connectivity index (χ0) is 12.1. The van der Waals surface area contributed by atoms with Crippen molar-refractivity contribution in [2.24, 2.45) is 0 Å². The van der Waals surface area contributed by atoms with Crippen molar-refractivity contribution >= 4 is 6.03 Å². The van der Waals surface area contributed by atoms with Crippen LogP contribution < -0.4 is 5.32 Å². The molecule has 4 nitrogen and oxygen atoms in total. The van der Waals surface area contributed by atoms with E-state index in [1.54, 1.807) is 4.90 Å². The van der Waals surface area contributed by atoms with Crippen molar-refractivity contribution < 1.29 is 4.79 Å². The van der Waals surface area contributed by atoms with Crippen LogP contribution in [0.1, 0.15) is 33.1 Å². The van der Waals surface area contributed by atoms with E-state index in [1.165, 1.54) is 0 Å². The summed E-state index contributed by atoms with van der Waals surface area (Å²) in [6, 6.07) is 1.31. The Labute approximate surface area is 99.0 Å². The summed E-state index contributed by atoms with van der Waals surface area (Å²) in [6.07, 6.45) is 3.31. The minimum absolute atomic E-state index is 0.141. The molecule has 16 heavy (non-hydrogen) atoms. The molecule has 0 spiro atoms. The topological polar surface area (TPSA) is 35.6 Å². The van der Waals surface area contributed by atoms with Gasteiger partial charge in [0.05, 0.1) is 0 Å². The average molecular weight is 227 g/mol. The van der Waals surface area contributed by atoms with Crippen molar-refractivity contribution in [2.45, 2.75) is 45.2 Å². The summed E-state index contributed by atoms with van der Waals surface area (Å²) >= 11 is 0. The molecule has 0 aromatic heterocycles. The number of amides is 2. The predicted molar refractivity (Wildman–Crippen MR) is 66.6 cm³/mol. The van der Waals surface area contributed by atoms with Gasteiger partial charge in [0, 0.05) is 39.3 Å². The van der Waals surface area contributed by atoms with Gasteiger partial charge in [0.25, 0.3) is 0 Å². The summed E-state index contributed by atoms with van der Waals surface area (Å²) in [4.78, 5) is 15.3. The zero-order valence-electron chi connectivity index (χ0n) is 11.0. The van der Waals surface area contributed by atoms with Gasteiger partial charge in [-0.3, -0.25) is 0 Å². The van der Waals surface area contributed by atoms with Crippen molar-refractivity contribution in [3.8, 4) is 0 Å². The largest absolute Gasteiger partial charge is 0.331 e. The monoisotopic (exact) mass is 227 g/mol. The van der Waals surface area contributed by atoms with E-state index in [0.717, 1.165) is 32.4 Å². The molecule has 0 aromatic carbocycles. The smallest absolute Gasteiger partial charge is 0.319 e. The maximum atomic E-state index is 11.7. The van der Waals surface area contributed by atoms with E-state index in [0.29, 0.717) is 12.1 Å². The van der Waals surface area contributed by atoms with E-state index >= 15 is 0 Å². The van der Waals surface area contributed by atoms with Gasteiger partial charge in [-0.1, -0.05) is 6.92 Å². The lowest BCUT2D eigenvalue weighted by molar-refractivity contribution is 0.151. The van der Waals surface area contributed by atoms with Crippen LogP contribution in [0.5, 0.6) is 0 Å². The molecular weight excluding hydrogens is 202 g/mol. The number of rotatable bonds is 3. The highest BCUT2D eigenvalue weighted by Gasteiger charge is 2.23. The van der Waals surface area contributed by atoms with Gasteiger partial charge in [-0.15, -0.1) is 0 Å². The first-order valence-electron chi connectivity index (χ1n) is 6.26. The molecule has 0 aliphatic carbocycles. The second-order valence-corrected chi connectivity index (χ2v) is 4.91. The van der Waals surface area contributed by atoms with Crippen LogP contribution in [0.25, 0.3) is 0 Å². The van der Waals surface area contributed by atoms with E-state index in [9.17, 15) is 4.79 Å². The average Bonchev–Trinajstić information content (AvgIpc) is 2.28. The maximum Gasteiger partial charge on any atom is 0.319 e. The fraction of sp³-hybridized carbons (Fsp3) is 0.917. The molecule has 1 heterocycles. The minimum Gasteiger partial charge on any atom is -0.331 e. The summed E-state index contributed by atoms with van der Waals surface area (Å²) < 4.78 is 0. The van der Waals surface area contributed by atoms with Gasteiger partial charge in [-0.05, 0) is 26.2 Å². The molecule has 0 radical (unpaired) electrons. The van der Waals surface area contributed by atoms with Crippen molar-refractivity contribution in [3.05, 3.63) is 0 Å². The third kappa shape index (κ3) is 3.67. The Morgan fingerprint density at radius 3 is 2.44 bits per heavy atom. The normalized spacial score (nSPS) is 19.6. The number of carbonyl (C=O) groups is 1. The predicted octanol–water partition coefficient (Wildman–Crippen LogP) is 1.52. The van der Waals surface area contributed by atoms with Gasteiger partial charge in [0.2, 0.25) is 0 Å². The Balaban J connectivity index is 2.31. The molecule has 1 rings (SSSR count). The van der Waals surface area contributed by atoms with Gasteiger partial charge < -0.3 is 15.1 Å². The van der Waals surface area contributed by atoms with Crippen molar-refractivity contribution in [1.82, 2.24) is 15.1 Å². The standard InChI is InChI=1S/C12H25N3O/c1-5-10(2)13-11-6-8-15(9-7-11)12(16)14(3)4/h10-11,13H,5-9H2,1-4H3. The SMILES string of the molecule is CCC(C)NC1CCN(C(=O)N(C)C)CC1. The van der Waals surface area contributed by atoms with Crippen LogP contribution in [0.3, 0.4) is 0 Å². The minimum atomic E-state index is 0.141. The van der Waals surface area contributed by atoms with Gasteiger partial charge in [-0.2, -0.15) is 0 Å². The lowest BCUT2D eigenvalue weighted by atomic mass is 10.0. The van der Waals surface area contributed by atoms with Gasteiger partial charge in [-0.25, -0.2) is 4.79 Å². The zero-order valence-corrected chi connectivity index (χ0v) is 11.0. The fourth-order valence-electron chi connectivity index (χ4n) is 2.04. The second kappa shape index (κ2) is 6.09. The molecule has 1 unspecified atom stereocenters. The lowest BCUT2D eigenvalue weighted by Gasteiger charge is -2.35. The molecular formula is C12H25N3O. The van der Waals surface area contributed by atoms with Crippen LogP contribution in [-0.2, 0) is 0 Å². The number of nitrogens with zero attached hydrogens (tertiary/aromatic N) is 2. The molecule has 1 aliphatic heterocycles. The quantitative estimate of drug-likeness (QED) is 0.793. The van der Waals surface area contributed by atoms with E-state index in [2.05, 4.69) is 19.2 Å². The Morgan fingerprint density at radius 2 is 2.00 bits per heavy atom. The van der Waals surface area contributed by atoms with Crippen LogP contribution in [0.2, 0.25) is 0 Å². The first kappa shape index (κ1) is 13.3. The first-order valence-corrected chi connectivity index (χ1v) is 6.26. The van der Waals surface area contributed by atoms with Gasteiger partial charge in [0.1, 0.15) is 0 Å². The van der Waals surface area contributed by atoms with Gasteiger partial charge >= 0.3 is 6.03 Å². The molecule has 1 atom stereocenters. The summed E-state index contributed by atoms with van der Waals surface area (Å²) in [6.45, 7) is 6.18. The third-order valence-electron chi connectivity index (χ3n) is 3.28.